The van der Waals surface area contributed by atoms with E-state index in [9.17, 15) is 0 Å². The normalized spacial score (nSPS) is 27.4. The van der Waals surface area contributed by atoms with Crippen LogP contribution in [0.25, 0.3) is 0 Å². The van der Waals surface area contributed by atoms with E-state index >= 15 is 0 Å². The van der Waals surface area contributed by atoms with Crippen LogP contribution in [0.2, 0.25) is 0 Å². The average molecular weight is 312 g/mol. The molecule has 0 bridgehead atoms. The maximum absolute atomic E-state index is 6.04. The molecular formula is C15H22BrNO. The monoisotopic (exact) mass is 311 g/mol. The molecule has 1 aromatic carbocycles. The molecule has 2 N–H and O–H groups in total. The Labute approximate surface area is 118 Å². The molecule has 18 heavy (non-hydrogen) atoms. The van der Waals surface area contributed by atoms with Crippen LogP contribution in [0.4, 0.5) is 0 Å². The van der Waals surface area contributed by atoms with Gasteiger partial charge in [0.1, 0.15) is 5.75 Å². The molecule has 2 rings (SSSR count). The van der Waals surface area contributed by atoms with E-state index in [1.165, 1.54) is 24.8 Å². The van der Waals surface area contributed by atoms with Gasteiger partial charge in [0.25, 0.3) is 0 Å². The minimum absolute atomic E-state index is 0.313. The van der Waals surface area contributed by atoms with E-state index in [4.69, 9.17) is 10.5 Å². The first kappa shape index (κ1) is 13.9. The third-order valence-corrected chi connectivity index (χ3v) is 4.80. The second-order valence-corrected chi connectivity index (χ2v) is 6.55. The Balaban J connectivity index is 2.15. The van der Waals surface area contributed by atoms with Crippen LogP contribution in [-0.4, -0.2) is 13.7 Å². The number of hydrogen-bond donors (Lipinski definition) is 1. The second kappa shape index (κ2) is 5.62. The lowest BCUT2D eigenvalue weighted by molar-refractivity contribution is 0.295. The van der Waals surface area contributed by atoms with Gasteiger partial charge in [-0.2, -0.15) is 0 Å². The van der Waals surface area contributed by atoms with E-state index in [1.807, 2.05) is 6.07 Å². The summed E-state index contributed by atoms with van der Waals surface area (Å²) in [5.74, 6) is 1.70. The molecule has 0 aliphatic heterocycles. The molecule has 0 amide bonds. The van der Waals surface area contributed by atoms with Gasteiger partial charge in [0.15, 0.2) is 0 Å². The second-order valence-electron chi connectivity index (χ2n) is 5.70. The largest absolute Gasteiger partial charge is 0.496 e. The van der Waals surface area contributed by atoms with Crippen molar-refractivity contribution in [2.24, 2.45) is 17.1 Å². The molecule has 100 valence electrons. The topological polar surface area (TPSA) is 35.2 Å². The summed E-state index contributed by atoms with van der Waals surface area (Å²) in [7, 11) is 1.69. The van der Waals surface area contributed by atoms with Crippen molar-refractivity contribution in [1.29, 1.82) is 0 Å². The van der Waals surface area contributed by atoms with Gasteiger partial charge in [0.2, 0.25) is 0 Å². The van der Waals surface area contributed by atoms with Crippen LogP contribution in [0.3, 0.4) is 0 Å². The standard InChI is InChI=1S/C15H22BrNO/c1-11-5-6-15(8-11,10-17)9-12-3-4-14(18-2)13(16)7-12/h3-4,7,11H,5-6,8-10,17H2,1-2H3. The fraction of sp³-hybridized carbons (Fsp3) is 0.600. The number of methoxy groups -OCH3 is 1. The molecule has 1 fully saturated rings. The molecule has 1 aromatic rings. The smallest absolute Gasteiger partial charge is 0.133 e. The first-order valence-corrected chi connectivity index (χ1v) is 7.40. The minimum atomic E-state index is 0.313. The van der Waals surface area contributed by atoms with Gasteiger partial charge >= 0.3 is 0 Å². The molecule has 3 heteroatoms. The van der Waals surface area contributed by atoms with Crippen molar-refractivity contribution in [3.63, 3.8) is 0 Å². The van der Waals surface area contributed by atoms with Crippen molar-refractivity contribution < 1.29 is 4.74 Å². The summed E-state index contributed by atoms with van der Waals surface area (Å²) < 4.78 is 6.30. The summed E-state index contributed by atoms with van der Waals surface area (Å²) in [4.78, 5) is 0. The van der Waals surface area contributed by atoms with Crippen molar-refractivity contribution in [2.75, 3.05) is 13.7 Å². The number of halogens is 1. The van der Waals surface area contributed by atoms with Crippen LogP contribution in [0.15, 0.2) is 22.7 Å². The van der Waals surface area contributed by atoms with Crippen LogP contribution >= 0.6 is 15.9 Å². The summed E-state index contributed by atoms with van der Waals surface area (Å²) in [6.45, 7) is 3.13. The first-order valence-electron chi connectivity index (χ1n) is 6.61. The number of benzene rings is 1. The van der Waals surface area contributed by atoms with Crippen LogP contribution in [-0.2, 0) is 6.42 Å². The maximum Gasteiger partial charge on any atom is 0.133 e. The Morgan fingerprint density at radius 1 is 1.50 bits per heavy atom. The number of nitrogens with two attached hydrogens (primary N) is 1. The van der Waals surface area contributed by atoms with Gasteiger partial charge in [0.05, 0.1) is 11.6 Å². The maximum atomic E-state index is 6.04. The highest BCUT2D eigenvalue weighted by Crippen LogP contribution is 2.43. The van der Waals surface area contributed by atoms with Crippen molar-refractivity contribution in [3.05, 3.63) is 28.2 Å². The van der Waals surface area contributed by atoms with Gasteiger partial charge in [-0.25, -0.2) is 0 Å². The van der Waals surface area contributed by atoms with E-state index in [-0.39, 0.29) is 0 Å². The molecule has 0 heterocycles. The van der Waals surface area contributed by atoms with Crippen LogP contribution in [0.1, 0.15) is 31.7 Å². The van der Waals surface area contributed by atoms with Crippen molar-refractivity contribution >= 4 is 15.9 Å². The summed E-state index contributed by atoms with van der Waals surface area (Å²) in [6, 6.07) is 6.35. The molecule has 0 spiro atoms. The van der Waals surface area contributed by atoms with Crippen molar-refractivity contribution in [2.45, 2.75) is 32.6 Å². The highest BCUT2D eigenvalue weighted by molar-refractivity contribution is 9.10. The summed E-state index contributed by atoms with van der Waals surface area (Å²) in [5.41, 5.74) is 7.70. The lowest BCUT2D eigenvalue weighted by atomic mass is 9.79. The molecule has 1 aliphatic rings. The fourth-order valence-electron chi connectivity index (χ4n) is 3.17. The SMILES string of the molecule is COc1ccc(CC2(CN)CCC(C)C2)cc1Br. The van der Waals surface area contributed by atoms with Gasteiger partial charge in [0, 0.05) is 0 Å². The molecule has 0 aromatic heterocycles. The van der Waals surface area contributed by atoms with Crippen LogP contribution in [0.5, 0.6) is 5.75 Å². The summed E-state index contributed by atoms with van der Waals surface area (Å²) >= 11 is 3.55. The molecule has 1 saturated carbocycles. The molecule has 2 nitrogen and oxygen atoms in total. The Morgan fingerprint density at radius 3 is 2.78 bits per heavy atom. The van der Waals surface area contributed by atoms with E-state index in [0.29, 0.717) is 5.41 Å². The fourth-order valence-corrected chi connectivity index (χ4v) is 3.75. The molecular weight excluding hydrogens is 290 g/mol. The Hall–Kier alpha value is -0.540. The third kappa shape index (κ3) is 2.89. The predicted octanol–water partition coefficient (Wildman–Crippen LogP) is 3.77. The summed E-state index contributed by atoms with van der Waals surface area (Å²) in [6.07, 6.45) is 4.91. The van der Waals surface area contributed by atoms with Gasteiger partial charge in [-0.15, -0.1) is 0 Å². The zero-order chi connectivity index (χ0) is 13.2. The number of rotatable bonds is 4. The first-order chi connectivity index (χ1) is 8.58. The number of ether oxygens (including phenoxy) is 1. The Bertz CT molecular complexity index is 421. The lowest BCUT2D eigenvalue weighted by Gasteiger charge is -2.28. The Kier molecular flexibility index (Phi) is 4.33. The Morgan fingerprint density at radius 2 is 2.28 bits per heavy atom. The van der Waals surface area contributed by atoms with Crippen molar-refractivity contribution in [1.82, 2.24) is 0 Å². The molecule has 0 saturated heterocycles. The summed E-state index contributed by atoms with van der Waals surface area (Å²) in [5, 5.41) is 0. The highest BCUT2D eigenvalue weighted by Gasteiger charge is 2.36. The average Bonchev–Trinajstić information content (AvgIpc) is 2.72. The van der Waals surface area contributed by atoms with E-state index in [0.717, 1.165) is 29.1 Å². The minimum Gasteiger partial charge on any atom is -0.496 e. The predicted molar refractivity (Wildman–Crippen MR) is 78.9 cm³/mol. The molecule has 1 aliphatic carbocycles. The lowest BCUT2D eigenvalue weighted by Crippen LogP contribution is -2.30. The van der Waals surface area contributed by atoms with Crippen LogP contribution in [0, 0.1) is 11.3 Å². The quantitative estimate of drug-likeness (QED) is 0.918. The third-order valence-electron chi connectivity index (χ3n) is 4.18. The number of hydrogen-bond acceptors (Lipinski definition) is 2. The van der Waals surface area contributed by atoms with Gasteiger partial charge in [-0.3, -0.25) is 0 Å². The van der Waals surface area contributed by atoms with Crippen LogP contribution < -0.4 is 10.5 Å². The molecule has 0 radical (unpaired) electrons. The highest BCUT2D eigenvalue weighted by atomic mass is 79.9. The van der Waals surface area contributed by atoms with E-state index in [2.05, 4.69) is 35.0 Å². The van der Waals surface area contributed by atoms with E-state index < -0.39 is 0 Å². The zero-order valence-corrected chi connectivity index (χ0v) is 12.8. The van der Waals surface area contributed by atoms with E-state index in [1.54, 1.807) is 7.11 Å². The van der Waals surface area contributed by atoms with Gasteiger partial charge in [-0.1, -0.05) is 19.4 Å². The zero-order valence-electron chi connectivity index (χ0n) is 11.2. The molecule has 2 atom stereocenters. The van der Waals surface area contributed by atoms with Gasteiger partial charge in [-0.05, 0) is 70.8 Å². The van der Waals surface area contributed by atoms with Crippen molar-refractivity contribution in [3.8, 4) is 5.75 Å². The van der Waals surface area contributed by atoms with Gasteiger partial charge < -0.3 is 10.5 Å². The molecule has 2 unspecified atom stereocenters.